The van der Waals surface area contributed by atoms with E-state index in [0.29, 0.717) is 23.5 Å². The van der Waals surface area contributed by atoms with Crippen LogP contribution in [0.4, 0.5) is 0 Å². The molecule has 4 aliphatic rings. The molecule has 0 aromatic heterocycles. The summed E-state index contributed by atoms with van der Waals surface area (Å²) in [4.78, 5) is 24.2. The van der Waals surface area contributed by atoms with E-state index in [4.69, 9.17) is 0 Å². The Morgan fingerprint density at radius 2 is 2.09 bits per heavy atom. The summed E-state index contributed by atoms with van der Waals surface area (Å²) in [5, 5.41) is 0. The van der Waals surface area contributed by atoms with E-state index in [0.717, 1.165) is 31.3 Å². The first-order chi connectivity index (χ1) is 11.0. The second-order valence-corrected chi connectivity index (χ2v) is 7.68. The van der Waals surface area contributed by atoms with Gasteiger partial charge in [0.1, 0.15) is 5.78 Å². The second kappa shape index (κ2) is 4.79. The highest BCUT2D eigenvalue weighted by atomic mass is 16.1. The van der Waals surface area contributed by atoms with Gasteiger partial charge in [-0.15, -0.1) is 5.73 Å². The van der Waals surface area contributed by atoms with Crippen molar-refractivity contribution >= 4 is 11.6 Å². The van der Waals surface area contributed by atoms with Gasteiger partial charge in [0.25, 0.3) is 0 Å². The zero-order chi connectivity index (χ0) is 16.2. The molecule has 0 aromatic carbocycles. The molecular weight excluding hydrogens is 284 g/mol. The minimum absolute atomic E-state index is 0.0490. The van der Waals surface area contributed by atoms with Crippen LogP contribution in [0.1, 0.15) is 32.6 Å². The first-order valence-corrected chi connectivity index (χ1v) is 8.55. The molecule has 4 rings (SSSR count). The molecule has 4 aliphatic carbocycles. The highest BCUT2D eigenvalue weighted by Gasteiger charge is 2.58. The minimum Gasteiger partial charge on any atom is -0.299 e. The van der Waals surface area contributed by atoms with Gasteiger partial charge >= 0.3 is 0 Å². The molecule has 0 heterocycles. The predicted octanol–water partition coefficient (Wildman–Crippen LogP) is 3.96. The lowest BCUT2D eigenvalue weighted by atomic mass is 9.50. The Morgan fingerprint density at radius 3 is 2.87 bits per heavy atom. The molecule has 0 amide bonds. The smallest absolute Gasteiger partial charge is 0.178 e. The molecule has 5 atom stereocenters. The third-order valence-corrected chi connectivity index (χ3v) is 6.82. The number of fused-ring (bicyclic) bond motifs is 5. The summed E-state index contributed by atoms with van der Waals surface area (Å²) in [6, 6.07) is 0. The maximum Gasteiger partial charge on any atom is 0.178 e. The Bertz CT molecular complexity index is 731. The van der Waals surface area contributed by atoms with Gasteiger partial charge < -0.3 is 0 Å². The number of rotatable bonds is 1. The Labute approximate surface area is 137 Å². The van der Waals surface area contributed by atoms with Crippen molar-refractivity contribution in [2.75, 3.05) is 0 Å². The molecular formula is C21H22O2. The maximum atomic E-state index is 12.4. The minimum atomic E-state index is -0.276. The highest BCUT2D eigenvalue weighted by Crippen LogP contribution is 2.62. The summed E-state index contributed by atoms with van der Waals surface area (Å²) >= 11 is 0. The molecule has 0 N–H and O–H groups in total. The van der Waals surface area contributed by atoms with Crippen LogP contribution in [0.25, 0.3) is 0 Å². The van der Waals surface area contributed by atoms with Gasteiger partial charge in [0.15, 0.2) is 5.78 Å². The molecule has 0 radical (unpaired) electrons. The van der Waals surface area contributed by atoms with Crippen LogP contribution >= 0.6 is 0 Å². The molecule has 23 heavy (non-hydrogen) atoms. The van der Waals surface area contributed by atoms with Crippen LogP contribution in [0.2, 0.25) is 0 Å². The molecule has 0 spiro atoms. The van der Waals surface area contributed by atoms with E-state index >= 15 is 0 Å². The van der Waals surface area contributed by atoms with Crippen LogP contribution in [0.3, 0.4) is 0 Å². The number of ketones is 2. The van der Waals surface area contributed by atoms with Gasteiger partial charge in [-0.2, -0.15) is 0 Å². The molecule has 0 aliphatic heterocycles. The monoisotopic (exact) mass is 306 g/mol. The summed E-state index contributed by atoms with van der Waals surface area (Å²) in [6.45, 7) is 5.95. The lowest BCUT2D eigenvalue weighted by molar-refractivity contribution is -0.129. The molecule has 2 fully saturated rings. The van der Waals surface area contributed by atoms with E-state index < -0.39 is 0 Å². The maximum absolute atomic E-state index is 12.4. The van der Waals surface area contributed by atoms with Gasteiger partial charge in [-0.1, -0.05) is 31.7 Å². The Morgan fingerprint density at radius 1 is 1.26 bits per heavy atom. The molecule has 2 heteroatoms. The largest absolute Gasteiger partial charge is 0.299 e. The summed E-state index contributed by atoms with van der Waals surface area (Å²) in [5.41, 5.74) is 3.60. The van der Waals surface area contributed by atoms with Crippen molar-refractivity contribution in [2.24, 2.45) is 28.6 Å². The zero-order valence-electron chi connectivity index (χ0n) is 13.5. The summed E-state index contributed by atoms with van der Waals surface area (Å²) in [5.74, 6) is 1.69. The zero-order valence-corrected chi connectivity index (χ0v) is 13.5. The van der Waals surface area contributed by atoms with E-state index in [1.165, 1.54) is 0 Å². The van der Waals surface area contributed by atoms with Gasteiger partial charge in [-0.25, -0.2) is 0 Å². The Hall–Kier alpha value is -1.92. The number of Topliss-reactive ketones (excluding diaryl/α,β-unsaturated/α-hetero) is 1. The predicted molar refractivity (Wildman–Crippen MR) is 89.6 cm³/mol. The number of hydrogen-bond acceptors (Lipinski definition) is 2. The van der Waals surface area contributed by atoms with Crippen molar-refractivity contribution in [1.29, 1.82) is 0 Å². The average Bonchev–Trinajstić information content (AvgIpc) is 2.84. The first kappa shape index (κ1) is 14.7. The molecule has 2 saturated carbocycles. The fourth-order valence-corrected chi connectivity index (χ4v) is 5.59. The molecule has 5 unspecified atom stereocenters. The van der Waals surface area contributed by atoms with Gasteiger partial charge in [0.05, 0.1) is 0 Å². The second-order valence-electron chi connectivity index (χ2n) is 7.68. The standard InChI is InChI=1S/C21H22O2/c1-3-10-21-12-8-15(22)13-14(21)4-5-16-17-6-7-19(23)20(17,2)11-9-18(16)21/h4-5,8,10,12-13,16-18H,1,6-7,9,11H2,2H3. The van der Waals surface area contributed by atoms with Gasteiger partial charge in [0.2, 0.25) is 0 Å². The van der Waals surface area contributed by atoms with Crippen LogP contribution in [0.15, 0.2) is 54.3 Å². The highest BCUT2D eigenvalue weighted by molar-refractivity contribution is 6.02. The summed E-state index contributed by atoms with van der Waals surface area (Å²) in [6.07, 6.45) is 15.5. The van der Waals surface area contributed by atoms with E-state index in [1.807, 2.05) is 12.2 Å². The summed E-state index contributed by atoms with van der Waals surface area (Å²) < 4.78 is 0. The van der Waals surface area contributed by atoms with Gasteiger partial charge in [-0.05, 0) is 60.8 Å². The van der Waals surface area contributed by atoms with Gasteiger partial charge in [0, 0.05) is 17.3 Å². The summed E-state index contributed by atoms with van der Waals surface area (Å²) in [7, 11) is 0. The third kappa shape index (κ3) is 1.82. The topological polar surface area (TPSA) is 34.1 Å². The number of hydrogen-bond donors (Lipinski definition) is 0. The third-order valence-electron chi connectivity index (χ3n) is 6.82. The van der Waals surface area contributed by atoms with Crippen LogP contribution in [0.5, 0.6) is 0 Å². The van der Waals surface area contributed by atoms with Crippen molar-refractivity contribution in [3.63, 3.8) is 0 Å². The molecule has 2 nitrogen and oxygen atoms in total. The van der Waals surface area contributed by atoms with Gasteiger partial charge in [-0.3, -0.25) is 9.59 Å². The Balaban J connectivity index is 1.84. The van der Waals surface area contributed by atoms with E-state index in [1.54, 1.807) is 12.2 Å². The van der Waals surface area contributed by atoms with E-state index in [9.17, 15) is 9.59 Å². The SMILES string of the molecule is C=C=CC12C=CC(=O)C=C1C=CC1C2CCC2(C)C(=O)CCC12. The van der Waals surface area contributed by atoms with Crippen LogP contribution in [-0.2, 0) is 9.59 Å². The lowest BCUT2D eigenvalue weighted by Gasteiger charge is -2.53. The van der Waals surface area contributed by atoms with Crippen molar-refractivity contribution in [2.45, 2.75) is 32.6 Å². The molecule has 0 saturated heterocycles. The lowest BCUT2D eigenvalue weighted by Crippen LogP contribution is -2.48. The first-order valence-electron chi connectivity index (χ1n) is 8.55. The average molecular weight is 306 g/mol. The van der Waals surface area contributed by atoms with Crippen molar-refractivity contribution < 1.29 is 9.59 Å². The van der Waals surface area contributed by atoms with E-state index in [-0.39, 0.29) is 16.6 Å². The number of carbonyl (C=O) groups is 2. The van der Waals surface area contributed by atoms with Crippen LogP contribution in [-0.4, -0.2) is 11.6 Å². The van der Waals surface area contributed by atoms with Crippen LogP contribution < -0.4 is 0 Å². The number of carbonyl (C=O) groups excluding carboxylic acids is 2. The fraction of sp³-hybridized carbons (Fsp3) is 0.476. The van der Waals surface area contributed by atoms with Crippen molar-refractivity contribution in [3.05, 3.63) is 54.3 Å². The number of allylic oxidation sites excluding steroid dienone is 7. The fourth-order valence-electron chi connectivity index (χ4n) is 5.59. The normalized spacial score (nSPS) is 44.0. The molecule has 0 bridgehead atoms. The van der Waals surface area contributed by atoms with E-state index in [2.05, 4.69) is 31.4 Å². The van der Waals surface area contributed by atoms with Crippen LogP contribution in [0, 0.1) is 28.6 Å². The quantitative estimate of drug-likeness (QED) is 0.687. The van der Waals surface area contributed by atoms with Crippen molar-refractivity contribution in [3.8, 4) is 0 Å². The molecule has 0 aromatic rings. The molecule has 118 valence electrons. The van der Waals surface area contributed by atoms with Crippen molar-refractivity contribution in [1.82, 2.24) is 0 Å². The Kier molecular flexibility index (Phi) is 3.05.